The average Bonchev–Trinajstić information content (AvgIpc) is 3.39. The van der Waals surface area contributed by atoms with Gasteiger partial charge in [-0.05, 0) is 54.2 Å². The maximum Gasteiger partial charge on any atom is 0.416 e. The zero-order valence-corrected chi connectivity index (χ0v) is 16.9. The Morgan fingerprint density at radius 1 is 1.16 bits per heavy atom. The average molecular weight is 426 g/mol. The topological polar surface area (TPSA) is 51.0 Å². The van der Waals surface area contributed by atoms with Crippen LogP contribution < -0.4 is 4.90 Å². The van der Waals surface area contributed by atoms with Crippen molar-refractivity contribution >= 4 is 11.6 Å². The van der Waals surface area contributed by atoms with Gasteiger partial charge in [-0.15, -0.1) is 10.2 Å². The molecule has 0 radical (unpaired) electrons. The summed E-state index contributed by atoms with van der Waals surface area (Å²) in [4.78, 5) is 14.3. The van der Waals surface area contributed by atoms with Crippen molar-refractivity contribution in [1.82, 2.24) is 14.8 Å². The first-order valence-corrected chi connectivity index (χ1v) is 10.3. The monoisotopic (exact) mass is 426 g/mol. The molecule has 1 saturated carbocycles. The third-order valence-corrected chi connectivity index (χ3v) is 6.10. The lowest BCUT2D eigenvalue weighted by Gasteiger charge is -2.19. The fraction of sp³-hybridized carbons (Fsp3) is 0.348. The number of rotatable bonds is 5. The molecule has 1 fully saturated rings. The Hall–Kier alpha value is -3.16. The lowest BCUT2D eigenvalue weighted by molar-refractivity contribution is -0.138. The lowest BCUT2D eigenvalue weighted by Crippen LogP contribution is -2.23. The second-order valence-electron chi connectivity index (χ2n) is 8.31. The van der Waals surface area contributed by atoms with Crippen LogP contribution in [-0.4, -0.2) is 20.7 Å². The largest absolute Gasteiger partial charge is 0.416 e. The van der Waals surface area contributed by atoms with Gasteiger partial charge in [-0.1, -0.05) is 25.1 Å². The molecule has 0 N–H and O–H groups in total. The first-order chi connectivity index (χ1) is 14.8. The number of benzene rings is 2. The summed E-state index contributed by atoms with van der Waals surface area (Å²) in [6.45, 7) is 1.99. The van der Waals surface area contributed by atoms with Crippen LogP contribution in [0.15, 0.2) is 48.8 Å². The molecular formula is C23H21F3N4O. The van der Waals surface area contributed by atoms with Crippen LogP contribution in [0.2, 0.25) is 0 Å². The predicted octanol–water partition coefficient (Wildman–Crippen LogP) is 5.14. The van der Waals surface area contributed by atoms with Crippen LogP contribution >= 0.6 is 0 Å². The van der Waals surface area contributed by atoms with Crippen LogP contribution in [0, 0.1) is 0 Å². The highest BCUT2D eigenvalue weighted by atomic mass is 19.4. The highest BCUT2D eigenvalue weighted by Crippen LogP contribution is 2.39. The minimum Gasteiger partial charge on any atom is -0.314 e. The highest BCUT2D eigenvalue weighted by molar-refractivity contribution is 6.10. The normalized spacial score (nSPS) is 17.2. The van der Waals surface area contributed by atoms with Crippen LogP contribution in [0.5, 0.6) is 0 Å². The zero-order chi connectivity index (χ0) is 21.8. The summed E-state index contributed by atoms with van der Waals surface area (Å²) in [6.07, 6.45) is 0.273. The number of carbonyl (C=O) groups excluding carboxylic acids is 1. The molecule has 2 aromatic carbocycles. The van der Waals surface area contributed by atoms with Gasteiger partial charge in [0.2, 0.25) is 0 Å². The molecule has 2 heterocycles. The number of alkyl halides is 3. The summed E-state index contributed by atoms with van der Waals surface area (Å²) >= 11 is 0. The van der Waals surface area contributed by atoms with Crippen molar-refractivity contribution in [2.24, 2.45) is 0 Å². The molecule has 1 amide bonds. The fourth-order valence-electron chi connectivity index (χ4n) is 4.27. The van der Waals surface area contributed by atoms with Crippen LogP contribution in [0.1, 0.15) is 64.6 Å². The molecule has 0 bridgehead atoms. The van der Waals surface area contributed by atoms with Crippen molar-refractivity contribution in [3.05, 3.63) is 76.9 Å². The van der Waals surface area contributed by atoms with Crippen molar-refractivity contribution in [1.29, 1.82) is 0 Å². The fourth-order valence-corrected chi connectivity index (χ4v) is 4.27. The molecule has 3 aromatic rings. The second kappa shape index (κ2) is 7.21. The zero-order valence-electron chi connectivity index (χ0n) is 16.9. The van der Waals surface area contributed by atoms with E-state index in [-0.39, 0.29) is 23.6 Å². The lowest BCUT2D eigenvalue weighted by atomic mass is 9.96. The molecule has 1 aliphatic carbocycles. The van der Waals surface area contributed by atoms with Gasteiger partial charge in [0.25, 0.3) is 5.91 Å². The number of amides is 1. The van der Waals surface area contributed by atoms with E-state index < -0.39 is 17.6 Å². The number of hydrogen-bond donors (Lipinski definition) is 0. The molecule has 2 aliphatic rings. The standard InChI is InChI=1S/C23H21F3N4O/c1-14(10-21-28-27-13-30(21)16-8-9-16)15-4-2-5-17(11-15)29-12-19-18(22(29)31)6-3-7-20(19)23(24,25)26/h2-7,11,13-14,16H,8-10,12H2,1H3/t14-/m1/s1. The summed E-state index contributed by atoms with van der Waals surface area (Å²) in [5, 5.41) is 8.30. The molecule has 0 saturated heterocycles. The first kappa shape index (κ1) is 19.8. The molecule has 5 rings (SSSR count). The highest BCUT2D eigenvalue weighted by Gasteiger charge is 2.39. The number of anilines is 1. The molecule has 0 spiro atoms. The van der Waals surface area contributed by atoms with Gasteiger partial charge in [-0.25, -0.2) is 0 Å². The van der Waals surface area contributed by atoms with Crippen molar-refractivity contribution in [3.8, 4) is 0 Å². The van der Waals surface area contributed by atoms with Crippen LogP contribution in [0.4, 0.5) is 18.9 Å². The molecule has 1 aliphatic heterocycles. The summed E-state index contributed by atoms with van der Waals surface area (Å²) in [5.74, 6) is 0.645. The molecule has 8 heteroatoms. The van der Waals surface area contributed by atoms with Gasteiger partial charge in [0.05, 0.1) is 12.1 Å². The SMILES string of the molecule is C[C@H](Cc1nncn1C1CC1)c1cccc(N2Cc3c(cccc3C(F)(F)F)C2=O)c1. The third kappa shape index (κ3) is 3.60. The van der Waals surface area contributed by atoms with E-state index in [1.807, 2.05) is 18.2 Å². The predicted molar refractivity (Wildman–Crippen MR) is 109 cm³/mol. The van der Waals surface area contributed by atoms with E-state index in [0.717, 1.165) is 30.3 Å². The van der Waals surface area contributed by atoms with Gasteiger partial charge < -0.3 is 9.47 Å². The van der Waals surface area contributed by atoms with E-state index in [9.17, 15) is 18.0 Å². The molecule has 31 heavy (non-hydrogen) atoms. The van der Waals surface area contributed by atoms with Crippen molar-refractivity contribution < 1.29 is 18.0 Å². The van der Waals surface area contributed by atoms with Crippen molar-refractivity contribution in [2.45, 2.75) is 50.9 Å². The Kier molecular flexibility index (Phi) is 4.60. The van der Waals surface area contributed by atoms with Gasteiger partial charge >= 0.3 is 6.18 Å². The minimum absolute atomic E-state index is 0.0380. The number of aromatic nitrogens is 3. The molecule has 5 nitrogen and oxygen atoms in total. The van der Waals surface area contributed by atoms with E-state index in [1.165, 1.54) is 17.0 Å². The van der Waals surface area contributed by atoms with E-state index in [0.29, 0.717) is 18.2 Å². The summed E-state index contributed by atoms with van der Waals surface area (Å²) in [7, 11) is 0. The van der Waals surface area contributed by atoms with Crippen LogP contribution in [0.25, 0.3) is 0 Å². The number of halogens is 3. The van der Waals surface area contributed by atoms with Gasteiger partial charge in [-0.3, -0.25) is 4.79 Å². The minimum atomic E-state index is -4.49. The summed E-state index contributed by atoms with van der Waals surface area (Å²) in [6, 6.07) is 11.7. The van der Waals surface area contributed by atoms with Crippen molar-refractivity contribution in [2.75, 3.05) is 4.90 Å². The van der Waals surface area contributed by atoms with Crippen molar-refractivity contribution in [3.63, 3.8) is 0 Å². The maximum atomic E-state index is 13.4. The first-order valence-electron chi connectivity index (χ1n) is 10.3. The van der Waals surface area contributed by atoms with E-state index >= 15 is 0 Å². The smallest absolute Gasteiger partial charge is 0.314 e. The van der Waals surface area contributed by atoms with Gasteiger partial charge in [0.15, 0.2) is 0 Å². The molecule has 160 valence electrons. The van der Waals surface area contributed by atoms with E-state index in [1.54, 1.807) is 12.4 Å². The van der Waals surface area contributed by atoms with Gasteiger partial charge in [-0.2, -0.15) is 13.2 Å². The van der Waals surface area contributed by atoms with Gasteiger partial charge in [0, 0.05) is 23.7 Å². The van der Waals surface area contributed by atoms with Gasteiger partial charge in [0.1, 0.15) is 12.2 Å². The second-order valence-corrected chi connectivity index (χ2v) is 8.31. The molecule has 0 unspecified atom stereocenters. The van der Waals surface area contributed by atoms with Crippen LogP contribution in [-0.2, 0) is 19.1 Å². The number of nitrogens with zero attached hydrogens (tertiary/aromatic N) is 4. The summed E-state index contributed by atoms with van der Waals surface area (Å²) in [5.41, 5.74) is 1.01. The van der Waals surface area contributed by atoms with E-state index in [2.05, 4.69) is 21.7 Å². The quantitative estimate of drug-likeness (QED) is 0.568. The Labute approximate surface area is 177 Å². The number of hydrogen-bond acceptors (Lipinski definition) is 3. The molecular weight excluding hydrogens is 405 g/mol. The maximum absolute atomic E-state index is 13.4. The molecule has 1 atom stereocenters. The third-order valence-electron chi connectivity index (χ3n) is 6.10. The number of carbonyl (C=O) groups is 1. The Balaban J connectivity index is 1.40. The van der Waals surface area contributed by atoms with E-state index in [4.69, 9.17) is 0 Å². The number of fused-ring (bicyclic) bond motifs is 1. The Morgan fingerprint density at radius 3 is 2.68 bits per heavy atom. The summed E-state index contributed by atoms with van der Waals surface area (Å²) < 4.78 is 42.3. The molecule has 1 aromatic heterocycles. The Bertz CT molecular complexity index is 1150. The Morgan fingerprint density at radius 2 is 1.94 bits per heavy atom. The van der Waals surface area contributed by atoms with Crippen LogP contribution in [0.3, 0.4) is 0 Å².